The van der Waals surface area contributed by atoms with Crippen molar-refractivity contribution in [2.24, 2.45) is 4.40 Å². The SMILES string of the molecule is COC(=O)c1cc(CN(C)C(=O)c2ccc3c(c2)SC2=NS(=O)(=O)CCN23)oc1C. The Bertz CT molecular complexity index is 1180. The number of fused-ring (bicyclic) bond motifs is 3. The molecule has 9 nitrogen and oxygen atoms in total. The molecule has 1 aromatic heterocycles. The van der Waals surface area contributed by atoms with Gasteiger partial charge in [-0.3, -0.25) is 4.79 Å². The van der Waals surface area contributed by atoms with Crippen LogP contribution in [-0.4, -0.2) is 56.8 Å². The first-order valence-corrected chi connectivity index (χ1v) is 11.5. The zero-order valence-electron chi connectivity index (χ0n) is 16.5. The van der Waals surface area contributed by atoms with Crippen LogP contribution in [0.15, 0.2) is 38.0 Å². The molecule has 0 N–H and O–H groups in total. The fourth-order valence-corrected chi connectivity index (χ4v) is 5.62. The summed E-state index contributed by atoms with van der Waals surface area (Å²) in [6.45, 7) is 2.18. The lowest BCUT2D eigenvalue weighted by molar-refractivity contribution is 0.0598. The molecule has 11 heteroatoms. The second kappa shape index (κ2) is 7.47. The number of ether oxygens (including phenoxy) is 1. The molecule has 2 aliphatic rings. The van der Waals surface area contributed by atoms with Crippen LogP contribution in [-0.2, 0) is 21.3 Å². The van der Waals surface area contributed by atoms with E-state index in [-0.39, 0.29) is 18.2 Å². The zero-order chi connectivity index (χ0) is 21.6. The summed E-state index contributed by atoms with van der Waals surface area (Å²) in [5.41, 5.74) is 1.63. The average Bonchev–Trinajstić information content (AvgIpc) is 3.24. The first-order valence-electron chi connectivity index (χ1n) is 9.03. The van der Waals surface area contributed by atoms with E-state index in [1.807, 2.05) is 4.90 Å². The normalized spacial score (nSPS) is 16.5. The highest BCUT2D eigenvalue weighted by atomic mass is 32.2. The van der Waals surface area contributed by atoms with Gasteiger partial charge in [-0.2, -0.15) is 0 Å². The molecule has 0 fully saturated rings. The highest BCUT2D eigenvalue weighted by molar-refractivity contribution is 8.15. The number of methoxy groups -OCH3 is 1. The van der Waals surface area contributed by atoms with Crippen molar-refractivity contribution in [1.82, 2.24) is 4.90 Å². The van der Waals surface area contributed by atoms with E-state index in [4.69, 9.17) is 9.15 Å². The van der Waals surface area contributed by atoms with Gasteiger partial charge in [-0.05, 0) is 43.0 Å². The van der Waals surface area contributed by atoms with Gasteiger partial charge in [0.25, 0.3) is 15.9 Å². The van der Waals surface area contributed by atoms with E-state index in [9.17, 15) is 18.0 Å². The zero-order valence-corrected chi connectivity index (χ0v) is 18.2. The van der Waals surface area contributed by atoms with Crippen LogP contribution in [0.3, 0.4) is 0 Å². The molecule has 30 heavy (non-hydrogen) atoms. The number of furan rings is 1. The van der Waals surface area contributed by atoms with E-state index in [0.717, 1.165) is 10.6 Å². The Morgan fingerprint density at radius 1 is 1.33 bits per heavy atom. The first-order chi connectivity index (χ1) is 14.2. The lowest BCUT2D eigenvalue weighted by Gasteiger charge is -2.22. The Morgan fingerprint density at radius 3 is 2.83 bits per heavy atom. The summed E-state index contributed by atoms with van der Waals surface area (Å²) in [6.07, 6.45) is 0. The minimum absolute atomic E-state index is 0.0317. The number of hydrogen-bond donors (Lipinski definition) is 0. The van der Waals surface area contributed by atoms with E-state index in [0.29, 0.717) is 34.4 Å². The van der Waals surface area contributed by atoms with Crippen molar-refractivity contribution in [3.05, 3.63) is 46.9 Å². The van der Waals surface area contributed by atoms with Crippen LogP contribution >= 0.6 is 11.8 Å². The minimum Gasteiger partial charge on any atom is -0.465 e. The number of hydrogen-bond acceptors (Lipinski definition) is 8. The molecular weight excluding hydrogens is 430 g/mol. The maximum atomic E-state index is 12.9. The van der Waals surface area contributed by atoms with Crippen molar-refractivity contribution in [3.63, 3.8) is 0 Å². The first kappa shape index (κ1) is 20.5. The molecule has 158 valence electrons. The van der Waals surface area contributed by atoms with Crippen LogP contribution in [0.1, 0.15) is 32.2 Å². The fraction of sp³-hybridized carbons (Fsp3) is 0.316. The number of aryl methyl sites for hydroxylation is 1. The third kappa shape index (κ3) is 3.70. The summed E-state index contributed by atoms with van der Waals surface area (Å²) in [5.74, 6) is 0.144. The number of sulfonamides is 1. The van der Waals surface area contributed by atoms with Gasteiger partial charge in [-0.25, -0.2) is 13.2 Å². The average molecular weight is 450 g/mol. The van der Waals surface area contributed by atoms with E-state index in [1.165, 1.54) is 23.8 Å². The largest absolute Gasteiger partial charge is 0.465 e. The molecule has 0 bridgehead atoms. The predicted molar refractivity (Wildman–Crippen MR) is 111 cm³/mol. The van der Waals surface area contributed by atoms with E-state index in [2.05, 4.69) is 4.40 Å². The van der Waals surface area contributed by atoms with Crippen molar-refractivity contribution in [2.45, 2.75) is 18.4 Å². The topological polar surface area (TPSA) is 109 Å². The second-order valence-electron chi connectivity index (χ2n) is 6.93. The molecule has 0 spiro atoms. The van der Waals surface area contributed by atoms with Gasteiger partial charge in [0.1, 0.15) is 17.1 Å². The monoisotopic (exact) mass is 449 g/mol. The standard InChI is InChI=1S/C19H19N3O6S2/c1-11-14(18(24)27-3)9-13(28-11)10-21(2)17(23)12-4-5-15-16(8-12)29-19-20-30(25,26)7-6-22(15)19/h4-5,8-9H,6-7,10H2,1-3H3. The van der Waals surface area contributed by atoms with Gasteiger partial charge in [0.15, 0.2) is 5.17 Å². The van der Waals surface area contributed by atoms with Crippen LogP contribution in [0.25, 0.3) is 0 Å². The van der Waals surface area contributed by atoms with Crippen molar-refractivity contribution in [2.75, 3.05) is 31.4 Å². The summed E-state index contributed by atoms with van der Waals surface area (Å²) in [6, 6.07) is 6.81. The molecule has 0 atom stereocenters. The number of thioether (sulfide) groups is 1. The van der Waals surface area contributed by atoms with Gasteiger partial charge >= 0.3 is 5.97 Å². The Morgan fingerprint density at radius 2 is 2.10 bits per heavy atom. The predicted octanol–water partition coefficient (Wildman–Crippen LogP) is 2.26. The maximum Gasteiger partial charge on any atom is 0.341 e. The summed E-state index contributed by atoms with van der Waals surface area (Å²) in [5, 5.41) is 0.413. The summed E-state index contributed by atoms with van der Waals surface area (Å²) in [7, 11) is -0.499. The number of esters is 1. The lowest BCUT2D eigenvalue weighted by Crippen LogP contribution is -2.35. The van der Waals surface area contributed by atoms with Crippen LogP contribution in [0, 0.1) is 6.92 Å². The maximum absolute atomic E-state index is 12.9. The minimum atomic E-state index is -3.43. The van der Waals surface area contributed by atoms with Gasteiger partial charge < -0.3 is 19.0 Å². The lowest BCUT2D eigenvalue weighted by atomic mass is 10.1. The van der Waals surface area contributed by atoms with Crippen LogP contribution in [0.5, 0.6) is 0 Å². The third-order valence-corrected chi connectivity index (χ3v) is 7.14. The molecule has 2 aliphatic heterocycles. The molecule has 0 unspecified atom stereocenters. The van der Waals surface area contributed by atoms with Gasteiger partial charge in [0, 0.05) is 24.1 Å². The number of amidine groups is 1. The summed E-state index contributed by atoms with van der Waals surface area (Å²) in [4.78, 5) is 28.7. The smallest absolute Gasteiger partial charge is 0.341 e. The number of benzene rings is 1. The second-order valence-corrected chi connectivity index (χ2v) is 9.70. The molecule has 1 aromatic carbocycles. The Hall–Kier alpha value is -2.79. The third-order valence-electron chi connectivity index (χ3n) is 4.83. The number of carbonyl (C=O) groups excluding carboxylic acids is 2. The highest BCUT2D eigenvalue weighted by Crippen LogP contribution is 2.42. The van der Waals surface area contributed by atoms with Crippen molar-refractivity contribution in [3.8, 4) is 0 Å². The van der Waals surface area contributed by atoms with Crippen molar-refractivity contribution >= 4 is 44.5 Å². The summed E-state index contributed by atoms with van der Waals surface area (Å²) < 4.78 is 37.6. The van der Waals surface area contributed by atoms with Gasteiger partial charge in [-0.15, -0.1) is 4.40 Å². The molecular formula is C19H19N3O6S2. The van der Waals surface area contributed by atoms with Gasteiger partial charge in [-0.1, -0.05) is 0 Å². The number of anilines is 1. The molecule has 2 aromatic rings. The van der Waals surface area contributed by atoms with Crippen LogP contribution in [0.4, 0.5) is 5.69 Å². The number of amides is 1. The number of nitrogens with zero attached hydrogens (tertiary/aromatic N) is 3. The molecule has 0 saturated heterocycles. The van der Waals surface area contributed by atoms with Gasteiger partial charge in [0.2, 0.25) is 0 Å². The Balaban J connectivity index is 1.52. The van der Waals surface area contributed by atoms with Crippen molar-refractivity contribution < 1.29 is 27.2 Å². The summed E-state index contributed by atoms with van der Waals surface area (Å²) >= 11 is 1.24. The van der Waals surface area contributed by atoms with E-state index < -0.39 is 16.0 Å². The molecule has 3 heterocycles. The van der Waals surface area contributed by atoms with E-state index in [1.54, 1.807) is 38.2 Å². The molecule has 0 radical (unpaired) electrons. The molecule has 0 aliphatic carbocycles. The molecule has 4 rings (SSSR count). The quantitative estimate of drug-likeness (QED) is 0.654. The molecule has 0 saturated carbocycles. The Labute approximate surface area is 177 Å². The highest BCUT2D eigenvalue weighted by Gasteiger charge is 2.33. The number of rotatable bonds is 4. The number of carbonyl (C=O) groups is 2. The molecule has 1 amide bonds. The Kier molecular flexibility index (Phi) is 5.10. The van der Waals surface area contributed by atoms with Crippen LogP contribution < -0.4 is 4.90 Å². The van der Waals surface area contributed by atoms with Crippen molar-refractivity contribution in [1.29, 1.82) is 0 Å². The fourth-order valence-electron chi connectivity index (χ4n) is 3.32. The van der Waals surface area contributed by atoms with Gasteiger partial charge in [0.05, 0.1) is 25.1 Å². The van der Waals surface area contributed by atoms with Crippen LogP contribution in [0.2, 0.25) is 0 Å². The van der Waals surface area contributed by atoms with E-state index >= 15 is 0 Å².